The number of nitrogens with one attached hydrogen (secondary N) is 1. The molecule has 1 saturated heterocycles. The number of hydrogen-bond acceptors (Lipinski definition) is 6. The van der Waals surface area contributed by atoms with Crippen LogP contribution in [0.15, 0.2) is 36.7 Å². The lowest BCUT2D eigenvalue weighted by Crippen LogP contribution is -2.42. The molecule has 2 aromatic rings. The maximum absolute atomic E-state index is 13.3. The Kier molecular flexibility index (Phi) is 5.67. The molecule has 26 heavy (non-hydrogen) atoms. The van der Waals surface area contributed by atoms with E-state index in [1.54, 1.807) is 18.5 Å². The topological polar surface area (TPSA) is 84.4 Å². The van der Waals surface area contributed by atoms with Crippen molar-refractivity contribution in [3.63, 3.8) is 0 Å². The first-order valence-corrected chi connectivity index (χ1v) is 9.92. The molecule has 1 aromatic heterocycles. The van der Waals surface area contributed by atoms with Crippen LogP contribution in [0.4, 0.5) is 10.2 Å². The summed E-state index contributed by atoms with van der Waals surface area (Å²) < 4.78 is 45.0. The number of anilines is 1. The van der Waals surface area contributed by atoms with Gasteiger partial charge in [-0.15, -0.1) is 0 Å². The monoisotopic (exact) mass is 380 g/mol. The molecule has 7 nitrogen and oxygen atoms in total. The molecule has 0 radical (unpaired) electrons. The lowest BCUT2D eigenvalue weighted by atomic mass is 10.1. The molecular formula is C17H21FN4O3S. The number of hydrogen-bond donors (Lipinski definition) is 1. The van der Waals surface area contributed by atoms with Gasteiger partial charge in [0.05, 0.1) is 12.9 Å². The predicted octanol–water partition coefficient (Wildman–Crippen LogP) is 2.03. The van der Waals surface area contributed by atoms with Gasteiger partial charge in [-0.2, -0.15) is 0 Å². The summed E-state index contributed by atoms with van der Waals surface area (Å²) in [6.45, 7) is 0.801. The van der Waals surface area contributed by atoms with Crippen molar-refractivity contribution in [2.24, 2.45) is 0 Å². The van der Waals surface area contributed by atoms with Crippen molar-refractivity contribution < 1.29 is 17.5 Å². The largest absolute Gasteiger partial charge is 0.478 e. The first-order chi connectivity index (χ1) is 12.5. The van der Waals surface area contributed by atoms with E-state index < -0.39 is 15.8 Å². The summed E-state index contributed by atoms with van der Waals surface area (Å²) in [6.07, 6.45) is 4.40. The Morgan fingerprint density at radius 2 is 2.00 bits per heavy atom. The van der Waals surface area contributed by atoms with Gasteiger partial charge in [-0.05, 0) is 30.5 Å². The minimum atomic E-state index is -3.48. The van der Waals surface area contributed by atoms with Crippen molar-refractivity contribution in [1.29, 1.82) is 0 Å². The number of rotatable bonds is 6. The van der Waals surface area contributed by atoms with E-state index >= 15 is 0 Å². The Morgan fingerprint density at radius 1 is 1.27 bits per heavy atom. The third kappa shape index (κ3) is 4.47. The summed E-state index contributed by atoms with van der Waals surface area (Å²) in [4.78, 5) is 8.30. The third-order valence-corrected chi connectivity index (χ3v) is 6.13. The molecule has 140 valence electrons. The van der Waals surface area contributed by atoms with E-state index in [-0.39, 0.29) is 11.8 Å². The van der Waals surface area contributed by atoms with Gasteiger partial charge in [0.2, 0.25) is 10.0 Å². The molecule has 0 spiro atoms. The van der Waals surface area contributed by atoms with Gasteiger partial charge >= 0.3 is 0 Å². The second-order valence-corrected chi connectivity index (χ2v) is 8.09. The number of aromatic nitrogens is 2. The molecule has 9 heteroatoms. The SMILES string of the molecule is COc1nccnc1NC1CCN(S(=O)(=O)Cc2cccc(F)c2)CC1. The number of nitrogens with zero attached hydrogens (tertiary/aromatic N) is 3. The zero-order chi connectivity index (χ0) is 18.6. The first kappa shape index (κ1) is 18.5. The van der Waals surface area contributed by atoms with Crippen LogP contribution in [0.3, 0.4) is 0 Å². The maximum atomic E-state index is 13.3. The minimum Gasteiger partial charge on any atom is -0.478 e. The van der Waals surface area contributed by atoms with E-state index in [1.807, 2.05) is 0 Å². The van der Waals surface area contributed by atoms with Crippen molar-refractivity contribution in [1.82, 2.24) is 14.3 Å². The molecule has 0 amide bonds. The van der Waals surface area contributed by atoms with E-state index in [0.717, 1.165) is 0 Å². The fraction of sp³-hybridized carbons (Fsp3) is 0.412. The van der Waals surface area contributed by atoms with Crippen molar-refractivity contribution in [2.45, 2.75) is 24.6 Å². The predicted molar refractivity (Wildman–Crippen MR) is 95.8 cm³/mol. The molecule has 0 saturated carbocycles. The summed E-state index contributed by atoms with van der Waals surface area (Å²) in [5.41, 5.74) is 0.453. The number of benzene rings is 1. The van der Waals surface area contributed by atoms with E-state index in [9.17, 15) is 12.8 Å². The van der Waals surface area contributed by atoms with Gasteiger partial charge in [0, 0.05) is 31.5 Å². The van der Waals surface area contributed by atoms with Crippen molar-refractivity contribution in [2.75, 3.05) is 25.5 Å². The number of halogens is 1. The Morgan fingerprint density at radius 3 is 2.69 bits per heavy atom. The van der Waals surface area contributed by atoms with E-state index in [0.29, 0.717) is 43.2 Å². The summed E-state index contributed by atoms with van der Waals surface area (Å²) in [5.74, 6) is 0.337. The molecule has 0 aliphatic carbocycles. The Hall–Kier alpha value is -2.26. The summed E-state index contributed by atoms with van der Waals surface area (Å²) in [7, 11) is -1.95. The van der Waals surface area contributed by atoms with Gasteiger partial charge in [0.15, 0.2) is 5.82 Å². The molecule has 0 unspecified atom stereocenters. The van der Waals surface area contributed by atoms with E-state index in [4.69, 9.17) is 4.74 Å². The molecule has 1 aliphatic rings. The summed E-state index contributed by atoms with van der Waals surface area (Å²) in [6, 6.07) is 5.78. The number of sulfonamides is 1. The molecular weight excluding hydrogens is 359 g/mol. The van der Waals surface area contributed by atoms with Crippen molar-refractivity contribution >= 4 is 15.8 Å². The smallest absolute Gasteiger partial charge is 0.257 e. The number of methoxy groups -OCH3 is 1. The molecule has 3 rings (SSSR count). The zero-order valence-electron chi connectivity index (χ0n) is 14.4. The second-order valence-electron chi connectivity index (χ2n) is 6.12. The number of piperidine rings is 1. The van der Waals surface area contributed by atoms with Gasteiger partial charge in [-0.25, -0.2) is 27.1 Å². The maximum Gasteiger partial charge on any atom is 0.257 e. The summed E-state index contributed by atoms with van der Waals surface area (Å²) in [5, 5.41) is 3.26. The molecule has 2 heterocycles. The molecule has 0 bridgehead atoms. The van der Waals surface area contributed by atoms with Crippen LogP contribution in [-0.2, 0) is 15.8 Å². The van der Waals surface area contributed by atoms with Gasteiger partial charge in [0.25, 0.3) is 5.88 Å². The minimum absolute atomic E-state index is 0.0845. The highest BCUT2D eigenvalue weighted by Gasteiger charge is 2.28. The highest BCUT2D eigenvalue weighted by molar-refractivity contribution is 7.88. The molecule has 1 aliphatic heterocycles. The molecule has 1 N–H and O–H groups in total. The van der Waals surface area contributed by atoms with Gasteiger partial charge in [-0.3, -0.25) is 0 Å². The highest BCUT2D eigenvalue weighted by atomic mass is 32.2. The first-order valence-electron chi connectivity index (χ1n) is 8.32. The van der Waals surface area contributed by atoms with Crippen LogP contribution in [0.5, 0.6) is 5.88 Å². The van der Waals surface area contributed by atoms with Gasteiger partial charge < -0.3 is 10.1 Å². The van der Waals surface area contributed by atoms with Gasteiger partial charge in [-0.1, -0.05) is 12.1 Å². The lowest BCUT2D eigenvalue weighted by molar-refractivity contribution is 0.327. The average Bonchev–Trinajstić information content (AvgIpc) is 2.62. The Bertz CT molecular complexity index is 855. The van der Waals surface area contributed by atoms with Crippen LogP contribution in [0.1, 0.15) is 18.4 Å². The van der Waals surface area contributed by atoms with Crippen molar-refractivity contribution in [3.8, 4) is 5.88 Å². The van der Waals surface area contributed by atoms with Crippen molar-refractivity contribution in [3.05, 3.63) is 48.0 Å². The van der Waals surface area contributed by atoms with Crippen LogP contribution >= 0.6 is 0 Å². The fourth-order valence-electron chi connectivity index (χ4n) is 2.97. The molecule has 1 aromatic carbocycles. The van der Waals surface area contributed by atoms with Crippen LogP contribution in [0, 0.1) is 5.82 Å². The Balaban J connectivity index is 1.59. The zero-order valence-corrected chi connectivity index (χ0v) is 15.2. The average molecular weight is 380 g/mol. The number of ether oxygens (including phenoxy) is 1. The fourth-order valence-corrected chi connectivity index (χ4v) is 4.52. The van der Waals surface area contributed by atoms with E-state index in [2.05, 4.69) is 15.3 Å². The quantitative estimate of drug-likeness (QED) is 0.826. The Labute approximate surface area is 152 Å². The van der Waals surface area contributed by atoms with Crippen LogP contribution in [0.25, 0.3) is 0 Å². The van der Waals surface area contributed by atoms with E-state index in [1.165, 1.54) is 29.6 Å². The van der Waals surface area contributed by atoms with Crippen LogP contribution in [-0.4, -0.2) is 48.9 Å². The standard InChI is InChI=1S/C17H21FN4O3S/c1-25-17-16(19-7-8-20-17)21-15-5-9-22(10-6-15)26(23,24)12-13-3-2-4-14(18)11-13/h2-4,7-8,11,15H,5-6,9-10,12H2,1H3,(H,19,21). The lowest BCUT2D eigenvalue weighted by Gasteiger charge is -2.32. The normalized spacial score (nSPS) is 16.4. The van der Waals surface area contributed by atoms with Crippen LogP contribution < -0.4 is 10.1 Å². The molecule has 1 fully saturated rings. The third-order valence-electron chi connectivity index (χ3n) is 4.28. The molecule has 0 atom stereocenters. The van der Waals surface area contributed by atoms with Gasteiger partial charge in [0.1, 0.15) is 5.82 Å². The van der Waals surface area contributed by atoms with Crippen LogP contribution in [0.2, 0.25) is 0 Å². The highest BCUT2D eigenvalue weighted by Crippen LogP contribution is 2.23. The second kappa shape index (κ2) is 7.96. The summed E-state index contributed by atoms with van der Waals surface area (Å²) >= 11 is 0.